The van der Waals surface area contributed by atoms with E-state index in [0.717, 1.165) is 0 Å². The summed E-state index contributed by atoms with van der Waals surface area (Å²) >= 11 is 1.22. The quantitative estimate of drug-likeness (QED) is 0.254. The van der Waals surface area contributed by atoms with Crippen LogP contribution in [0, 0.1) is 0 Å². The Morgan fingerprint density at radius 3 is 2.56 bits per heavy atom. The fourth-order valence-corrected chi connectivity index (χ4v) is 1.08. The molecular weight excluding hydrogens is 228 g/mol. The fraction of sp³-hybridized carbons (Fsp3) is 0.625. The molecule has 0 saturated heterocycles. The van der Waals surface area contributed by atoms with Crippen LogP contribution in [0.1, 0.15) is 6.92 Å². The van der Waals surface area contributed by atoms with Crippen LogP contribution < -0.4 is 16.8 Å². The summed E-state index contributed by atoms with van der Waals surface area (Å²) in [6.07, 6.45) is 0. The Morgan fingerprint density at radius 1 is 1.44 bits per heavy atom. The molecule has 0 fully saturated rings. The molecule has 0 aromatic heterocycles. The highest BCUT2D eigenvalue weighted by atomic mass is 32.2. The molecule has 5 N–H and O–H groups in total. The summed E-state index contributed by atoms with van der Waals surface area (Å²) in [6, 6.07) is 0. The zero-order valence-corrected chi connectivity index (χ0v) is 10.5. The Bertz CT molecular complexity index is 288. The molecule has 0 rings (SSSR count). The van der Waals surface area contributed by atoms with Crippen LogP contribution in [0.15, 0.2) is 9.39 Å². The molecule has 0 aromatic rings. The van der Waals surface area contributed by atoms with Gasteiger partial charge in [-0.1, -0.05) is 0 Å². The molecule has 0 saturated carbocycles. The van der Waals surface area contributed by atoms with E-state index in [-0.39, 0.29) is 11.9 Å². The fourth-order valence-electron chi connectivity index (χ4n) is 0.622. The van der Waals surface area contributed by atoms with Crippen LogP contribution in [0.2, 0.25) is 0 Å². The maximum Gasteiger partial charge on any atom is 0.230 e. The first-order valence-corrected chi connectivity index (χ1v) is 5.59. The van der Waals surface area contributed by atoms with Crippen LogP contribution in [0.5, 0.6) is 0 Å². The summed E-state index contributed by atoms with van der Waals surface area (Å²) < 4.78 is 3.91. The first-order chi connectivity index (χ1) is 7.43. The Hall–Kier alpha value is -1.44. The lowest BCUT2D eigenvalue weighted by Gasteiger charge is -2.09. The first-order valence-electron chi connectivity index (χ1n) is 4.65. The summed E-state index contributed by atoms with van der Waals surface area (Å²) in [7, 11) is 3.52. The van der Waals surface area contributed by atoms with Gasteiger partial charge in [-0.25, -0.2) is 0 Å². The highest BCUT2D eigenvalue weighted by Gasteiger charge is 1.96. The summed E-state index contributed by atoms with van der Waals surface area (Å²) in [5.41, 5.74) is 11.0. The van der Waals surface area contributed by atoms with Gasteiger partial charge < -0.3 is 21.7 Å². The molecule has 7 nitrogen and oxygen atoms in total. The van der Waals surface area contributed by atoms with Gasteiger partial charge in [0, 0.05) is 33.3 Å². The number of carbonyl (C=O) groups is 1. The number of amides is 1. The smallest absolute Gasteiger partial charge is 0.230 e. The largest absolute Gasteiger partial charge is 0.369 e. The number of nitrogens with two attached hydrogens (primary N) is 2. The third-order valence-corrected chi connectivity index (χ3v) is 2.12. The summed E-state index contributed by atoms with van der Waals surface area (Å²) in [4.78, 5) is 16.0. The van der Waals surface area contributed by atoms with Crippen molar-refractivity contribution < 1.29 is 4.79 Å². The second-order valence-corrected chi connectivity index (χ2v) is 3.98. The third-order valence-electron chi connectivity index (χ3n) is 1.41. The topological polar surface area (TPSA) is 109 Å². The molecule has 0 aromatic carbocycles. The van der Waals surface area contributed by atoms with Gasteiger partial charge in [-0.2, -0.15) is 9.39 Å². The molecule has 0 unspecified atom stereocenters. The van der Waals surface area contributed by atoms with Crippen molar-refractivity contribution in [1.82, 2.24) is 10.2 Å². The molecule has 0 aliphatic heterocycles. The van der Waals surface area contributed by atoms with Crippen molar-refractivity contribution >= 4 is 29.8 Å². The van der Waals surface area contributed by atoms with Crippen LogP contribution in [0.3, 0.4) is 0 Å². The van der Waals surface area contributed by atoms with Crippen LogP contribution in [0.4, 0.5) is 0 Å². The molecule has 92 valence electrons. The molecule has 0 radical (unpaired) electrons. The standard InChI is InChI=1S/C8H18N6OS/c1-6(15)11-4-5-16-13-7(9)12-8(10)14(2)3/h4-5H2,1-3H3,(H,11,15)(H4,9,10,12,13). The molecular formula is C8H18N6OS. The van der Waals surface area contributed by atoms with Crippen molar-refractivity contribution in [2.75, 3.05) is 26.4 Å². The van der Waals surface area contributed by atoms with Crippen molar-refractivity contribution in [1.29, 1.82) is 0 Å². The molecule has 1 amide bonds. The zero-order chi connectivity index (χ0) is 12.6. The number of nitrogens with zero attached hydrogens (tertiary/aromatic N) is 3. The Kier molecular flexibility index (Phi) is 7.10. The number of carbonyl (C=O) groups excluding carboxylic acids is 1. The SMILES string of the molecule is CC(=O)NCCS/N=C(N)/N=C(\N)N(C)C. The van der Waals surface area contributed by atoms with Gasteiger partial charge >= 0.3 is 0 Å². The molecule has 0 spiro atoms. The Balaban J connectivity index is 3.87. The number of nitrogens with one attached hydrogen (secondary N) is 1. The molecule has 16 heavy (non-hydrogen) atoms. The van der Waals surface area contributed by atoms with E-state index in [4.69, 9.17) is 11.5 Å². The Labute approximate surface area is 99.5 Å². The molecule has 0 atom stereocenters. The molecule has 0 aliphatic rings. The molecule has 0 bridgehead atoms. The van der Waals surface area contributed by atoms with Crippen molar-refractivity contribution in [3.8, 4) is 0 Å². The molecule has 0 aliphatic carbocycles. The second kappa shape index (κ2) is 7.80. The number of rotatable bonds is 4. The highest BCUT2D eigenvalue weighted by Crippen LogP contribution is 1.99. The van der Waals surface area contributed by atoms with Crippen molar-refractivity contribution in [2.45, 2.75) is 6.92 Å². The first kappa shape index (κ1) is 14.6. The molecule has 8 heteroatoms. The maximum atomic E-state index is 10.5. The van der Waals surface area contributed by atoms with Gasteiger partial charge in [-0.3, -0.25) is 4.79 Å². The van der Waals surface area contributed by atoms with Crippen LogP contribution in [-0.4, -0.2) is 49.1 Å². The predicted octanol–water partition coefficient (Wildman–Crippen LogP) is -1.04. The number of hydrogen-bond acceptors (Lipinski definition) is 3. The van der Waals surface area contributed by atoms with E-state index in [2.05, 4.69) is 14.7 Å². The monoisotopic (exact) mass is 246 g/mol. The average Bonchev–Trinajstić information content (AvgIpc) is 2.16. The van der Waals surface area contributed by atoms with E-state index in [0.29, 0.717) is 18.3 Å². The molecule has 0 heterocycles. The summed E-state index contributed by atoms with van der Waals surface area (Å²) in [5.74, 6) is 0.979. The summed E-state index contributed by atoms with van der Waals surface area (Å²) in [5, 5.41) is 2.64. The number of hydrogen-bond donors (Lipinski definition) is 3. The number of aliphatic imine (C=N–C) groups is 1. The van der Waals surface area contributed by atoms with Gasteiger partial charge in [0.15, 0.2) is 5.96 Å². The minimum atomic E-state index is -0.0626. The number of guanidine groups is 2. The summed E-state index contributed by atoms with van der Waals surface area (Å²) in [6.45, 7) is 2.01. The average molecular weight is 246 g/mol. The van der Waals surface area contributed by atoms with Crippen molar-refractivity contribution in [3.05, 3.63) is 0 Å². The van der Waals surface area contributed by atoms with E-state index in [1.807, 2.05) is 0 Å². The van der Waals surface area contributed by atoms with E-state index in [1.54, 1.807) is 19.0 Å². The van der Waals surface area contributed by atoms with Gasteiger partial charge in [0.2, 0.25) is 11.9 Å². The van der Waals surface area contributed by atoms with Gasteiger partial charge in [0.25, 0.3) is 0 Å². The van der Waals surface area contributed by atoms with E-state index < -0.39 is 0 Å². The second-order valence-electron chi connectivity index (χ2n) is 3.13. The van der Waals surface area contributed by atoms with E-state index >= 15 is 0 Å². The minimum absolute atomic E-state index is 0.0626. The van der Waals surface area contributed by atoms with Crippen molar-refractivity contribution in [2.24, 2.45) is 20.9 Å². The zero-order valence-electron chi connectivity index (χ0n) is 9.73. The highest BCUT2D eigenvalue weighted by molar-refractivity contribution is 7.98. The van der Waals surface area contributed by atoms with Crippen molar-refractivity contribution in [3.63, 3.8) is 0 Å². The maximum absolute atomic E-state index is 10.5. The van der Waals surface area contributed by atoms with Gasteiger partial charge in [0.05, 0.1) is 0 Å². The van der Waals surface area contributed by atoms with Crippen LogP contribution >= 0.6 is 11.9 Å². The Morgan fingerprint density at radius 2 is 2.06 bits per heavy atom. The normalized spacial score (nSPS) is 12.4. The predicted molar refractivity (Wildman–Crippen MR) is 68.1 cm³/mol. The third kappa shape index (κ3) is 7.92. The van der Waals surface area contributed by atoms with E-state index in [9.17, 15) is 4.79 Å². The lowest BCUT2D eigenvalue weighted by molar-refractivity contribution is -0.118. The van der Waals surface area contributed by atoms with Gasteiger partial charge in [-0.05, 0) is 11.9 Å². The lowest BCUT2D eigenvalue weighted by atomic mass is 10.6. The van der Waals surface area contributed by atoms with Crippen LogP contribution in [-0.2, 0) is 4.79 Å². The van der Waals surface area contributed by atoms with Gasteiger partial charge in [0.1, 0.15) is 0 Å². The minimum Gasteiger partial charge on any atom is -0.369 e. The van der Waals surface area contributed by atoms with E-state index in [1.165, 1.54) is 18.9 Å². The lowest BCUT2D eigenvalue weighted by Crippen LogP contribution is -2.32. The van der Waals surface area contributed by atoms with Crippen LogP contribution in [0.25, 0.3) is 0 Å². The van der Waals surface area contributed by atoms with Gasteiger partial charge in [-0.15, -0.1) is 0 Å².